The summed E-state index contributed by atoms with van der Waals surface area (Å²) in [4.78, 5) is 44.7. The number of carbonyl (C=O) groups excluding carboxylic acids is 3. The number of carbonyl (C=O) groups is 4. The van der Waals surface area contributed by atoms with Crippen LogP contribution in [0.1, 0.15) is 27.7 Å². The van der Waals surface area contributed by atoms with E-state index in [4.69, 9.17) is 10.8 Å². The lowest BCUT2D eigenvalue weighted by molar-refractivity contribution is -0.133. The summed E-state index contributed by atoms with van der Waals surface area (Å²) in [5, 5.41) is 13.0. The monoisotopic (exact) mass is 285 g/mol. The Morgan fingerprint density at radius 1 is 1.10 bits per heavy atom. The van der Waals surface area contributed by atoms with E-state index < -0.39 is 29.2 Å². The molecule has 0 aliphatic heterocycles. The van der Waals surface area contributed by atoms with Crippen molar-refractivity contribution in [3.63, 3.8) is 0 Å². The Morgan fingerprint density at radius 3 is 2.00 bits per heavy atom. The number of nitrogens with two attached hydrogens (primary N) is 1. The van der Waals surface area contributed by atoms with Crippen LogP contribution in [0.25, 0.3) is 0 Å². The molecular weight excluding hydrogens is 266 g/mol. The largest absolute Gasteiger partial charge is 0.478 e. The van der Waals surface area contributed by atoms with Gasteiger partial charge < -0.3 is 16.2 Å². The molecule has 0 unspecified atom stereocenters. The van der Waals surface area contributed by atoms with Crippen LogP contribution in [0.15, 0.2) is 11.1 Å². The Hall–Kier alpha value is -2.38. The van der Waals surface area contributed by atoms with Crippen molar-refractivity contribution in [1.29, 1.82) is 0 Å². The van der Waals surface area contributed by atoms with Crippen LogP contribution in [0.3, 0.4) is 0 Å². The van der Waals surface area contributed by atoms with Crippen molar-refractivity contribution in [2.75, 3.05) is 6.54 Å². The van der Waals surface area contributed by atoms with Gasteiger partial charge in [0.15, 0.2) is 0 Å². The second-order valence-electron chi connectivity index (χ2n) is 4.94. The highest BCUT2D eigenvalue weighted by molar-refractivity contribution is 6.07. The Labute approximate surface area is 116 Å². The summed E-state index contributed by atoms with van der Waals surface area (Å²) in [5.41, 5.74) is 3.93. The predicted molar refractivity (Wildman–Crippen MR) is 70.5 cm³/mol. The molecule has 0 aliphatic rings. The van der Waals surface area contributed by atoms with Crippen molar-refractivity contribution >= 4 is 23.8 Å². The minimum Gasteiger partial charge on any atom is -0.478 e. The van der Waals surface area contributed by atoms with E-state index >= 15 is 0 Å². The average molecular weight is 285 g/mol. The van der Waals surface area contributed by atoms with Crippen LogP contribution in [0.4, 0.5) is 4.79 Å². The number of nitrogens with one attached hydrogen (secondary N) is 2. The summed E-state index contributed by atoms with van der Waals surface area (Å²) in [5.74, 6) is -2.66. The third-order valence-electron chi connectivity index (χ3n) is 2.81. The molecule has 0 aromatic carbocycles. The van der Waals surface area contributed by atoms with Crippen molar-refractivity contribution in [1.82, 2.24) is 10.6 Å². The molecule has 0 aromatic rings. The van der Waals surface area contributed by atoms with Gasteiger partial charge in [0.2, 0.25) is 5.91 Å². The van der Waals surface area contributed by atoms with Crippen LogP contribution in [0, 0.1) is 5.41 Å². The highest BCUT2D eigenvalue weighted by atomic mass is 16.4. The molecular formula is C12H19N3O5. The highest BCUT2D eigenvalue weighted by Crippen LogP contribution is 2.11. The van der Waals surface area contributed by atoms with E-state index in [2.05, 4.69) is 5.32 Å². The van der Waals surface area contributed by atoms with Crippen LogP contribution in [-0.4, -0.2) is 35.5 Å². The molecule has 0 fully saturated rings. The molecule has 0 atom stereocenters. The molecule has 0 aromatic heterocycles. The van der Waals surface area contributed by atoms with E-state index in [0.717, 1.165) is 0 Å². The zero-order chi connectivity index (χ0) is 16.1. The lowest BCUT2D eigenvalue weighted by Crippen LogP contribution is -2.47. The number of aliphatic carboxylic acids is 1. The van der Waals surface area contributed by atoms with E-state index in [1.807, 2.05) is 5.32 Å². The number of imide groups is 1. The molecule has 20 heavy (non-hydrogen) atoms. The maximum atomic E-state index is 11.6. The first-order chi connectivity index (χ1) is 8.99. The standard InChI is InChI=1S/C12H19N3O5/c1-6(7(2)9(17)18)8(16)15-11(20)14-5-12(3,4)10(13)19/h5H2,1-4H3,(H2,13,19)(H,17,18)(H2,14,15,16,20). The zero-order valence-electron chi connectivity index (χ0n) is 11.9. The maximum absolute atomic E-state index is 11.6. The van der Waals surface area contributed by atoms with Crippen LogP contribution in [-0.2, 0) is 14.4 Å². The van der Waals surface area contributed by atoms with Crippen LogP contribution in [0.2, 0.25) is 0 Å². The van der Waals surface area contributed by atoms with Gasteiger partial charge in [0.1, 0.15) is 0 Å². The molecule has 0 saturated carbocycles. The molecule has 0 heterocycles. The molecule has 112 valence electrons. The van der Waals surface area contributed by atoms with E-state index in [0.29, 0.717) is 0 Å². The normalized spacial score (nSPS) is 12.2. The van der Waals surface area contributed by atoms with Gasteiger partial charge in [-0.3, -0.25) is 14.9 Å². The molecule has 0 radical (unpaired) electrons. The van der Waals surface area contributed by atoms with E-state index in [1.165, 1.54) is 27.7 Å². The van der Waals surface area contributed by atoms with Crippen LogP contribution < -0.4 is 16.4 Å². The van der Waals surface area contributed by atoms with Crippen molar-refractivity contribution < 1.29 is 24.3 Å². The lowest BCUT2D eigenvalue weighted by atomic mass is 9.93. The van der Waals surface area contributed by atoms with Gasteiger partial charge in [-0.2, -0.15) is 0 Å². The lowest BCUT2D eigenvalue weighted by Gasteiger charge is -2.20. The molecule has 8 heteroatoms. The first-order valence-corrected chi connectivity index (χ1v) is 5.79. The summed E-state index contributed by atoms with van der Waals surface area (Å²) in [6.45, 7) is 5.57. The zero-order valence-corrected chi connectivity index (χ0v) is 11.9. The Balaban J connectivity index is 4.58. The number of urea groups is 1. The maximum Gasteiger partial charge on any atom is 0.331 e. The molecule has 5 N–H and O–H groups in total. The van der Waals surface area contributed by atoms with E-state index in [9.17, 15) is 19.2 Å². The summed E-state index contributed by atoms with van der Waals surface area (Å²) in [6.07, 6.45) is 0. The minimum atomic E-state index is -1.24. The van der Waals surface area contributed by atoms with E-state index in [-0.39, 0.29) is 17.7 Å². The SMILES string of the molecule is CC(C(=O)O)=C(C)C(=O)NC(=O)NCC(C)(C)C(N)=O. The fourth-order valence-electron chi connectivity index (χ4n) is 0.960. The minimum absolute atomic E-state index is 0.0535. The third-order valence-corrected chi connectivity index (χ3v) is 2.81. The third kappa shape index (κ3) is 5.09. The summed E-state index contributed by atoms with van der Waals surface area (Å²) in [6, 6.07) is -0.832. The quantitative estimate of drug-likeness (QED) is 0.516. The molecule has 4 amide bonds. The number of hydrogen-bond donors (Lipinski definition) is 4. The number of rotatable bonds is 5. The fourth-order valence-corrected chi connectivity index (χ4v) is 0.960. The van der Waals surface area contributed by atoms with Gasteiger partial charge in [-0.25, -0.2) is 9.59 Å². The summed E-state index contributed by atoms with van der Waals surface area (Å²) in [7, 11) is 0. The van der Waals surface area contributed by atoms with Crippen LogP contribution in [0.5, 0.6) is 0 Å². The highest BCUT2D eigenvalue weighted by Gasteiger charge is 2.25. The second kappa shape index (κ2) is 6.69. The fraction of sp³-hybridized carbons (Fsp3) is 0.500. The summed E-state index contributed by atoms with van der Waals surface area (Å²) >= 11 is 0. The van der Waals surface area contributed by atoms with Crippen molar-refractivity contribution in [3.8, 4) is 0 Å². The Bertz CT molecular complexity index is 479. The summed E-state index contributed by atoms with van der Waals surface area (Å²) < 4.78 is 0. The van der Waals surface area contributed by atoms with Crippen LogP contribution >= 0.6 is 0 Å². The van der Waals surface area contributed by atoms with Gasteiger partial charge in [0.05, 0.1) is 5.41 Å². The average Bonchev–Trinajstić information content (AvgIpc) is 2.34. The number of carboxylic acids is 1. The predicted octanol–water partition coefficient (Wildman–Crippen LogP) is -0.255. The molecule has 8 nitrogen and oxygen atoms in total. The first-order valence-electron chi connectivity index (χ1n) is 5.79. The van der Waals surface area contributed by atoms with Crippen molar-refractivity contribution in [3.05, 3.63) is 11.1 Å². The number of primary amides is 1. The van der Waals surface area contributed by atoms with Gasteiger partial charge in [-0.15, -0.1) is 0 Å². The van der Waals surface area contributed by atoms with Gasteiger partial charge in [-0.05, 0) is 27.7 Å². The van der Waals surface area contributed by atoms with Gasteiger partial charge in [0.25, 0.3) is 5.91 Å². The second-order valence-corrected chi connectivity index (χ2v) is 4.94. The van der Waals surface area contributed by atoms with E-state index in [1.54, 1.807) is 0 Å². The number of amides is 4. The Morgan fingerprint density at radius 2 is 1.60 bits per heavy atom. The first kappa shape index (κ1) is 17.6. The van der Waals surface area contributed by atoms with Crippen molar-refractivity contribution in [2.24, 2.45) is 11.1 Å². The molecule has 0 aliphatic carbocycles. The molecule has 0 saturated heterocycles. The number of hydrogen-bond acceptors (Lipinski definition) is 4. The molecule has 0 bridgehead atoms. The molecule has 0 rings (SSSR count). The van der Waals surface area contributed by atoms with Gasteiger partial charge in [0, 0.05) is 17.7 Å². The number of carboxylic acid groups (broad SMARTS) is 1. The molecule has 0 spiro atoms. The Kier molecular flexibility index (Phi) is 5.89. The van der Waals surface area contributed by atoms with Crippen molar-refractivity contribution in [2.45, 2.75) is 27.7 Å². The van der Waals surface area contributed by atoms with Gasteiger partial charge in [-0.1, -0.05) is 0 Å². The smallest absolute Gasteiger partial charge is 0.331 e. The topological polar surface area (TPSA) is 139 Å². The van der Waals surface area contributed by atoms with Gasteiger partial charge >= 0.3 is 12.0 Å².